The Bertz CT molecular complexity index is 246. The fourth-order valence-corrected chi connectivity index (χ4v) is 3.39. The van der Waals surface area contributed by atoms with Crippen molar-refractivity contribution in [3.05, 3.63) is 0 Å². The summed E-state index contributed by atoms with van der Waals surface area (Å²) in [6, 6.07) is 0.825. The van der Waals surface area contributed by atoms with Crippen molar-refractivity contribution in [2.24, 2.45) is 0 Å². The minimum Gasteiger partial charge on any atom is -0.374 e. The van der Waals surface area contributed by atoms with Crippen molar-refractivity contribution in [1.82, 2.24) is 4.90 Å². The van der Waals surface area contributed by atoms with Crippen molar-refractivity contribution in [1.29, 1.82) is 0 Å². The molecule has 2 heterocycles. The van der Waals surface area contributed by atoms with Gasteiger partial charge in [0.05, 0.1) is 12.2 Å². The van der Waals surface area contributed by atoms with Crippen molar-refractivity contribution in [3.63, 3.8) is 0 Å². The number of hydrogen-bond acceptors (Lipinski definition) is 2. The molecule has 0 bridgehead atoms. The van der Waals surface area contributed by atoms with Crippen LogP contribution >= 0.6 is 0 Å². The average molecular weight is 225 g/mol. The summed E-state index contributed by atoms with van der Waals surface area (Å²) >= 11 is 0. The minimum absolute atomic E-state index is 0.00725. The lowest BCUT2D eigenvalue weighted by Gasteiger charge is -2.37. The molecule has 0 aromatic carbocycles. The molecule has 0 saturated carbocycles. The number of nitrogens with zero attached hydrogens (tertiary/aromatic N) is 1. The first kappa shape index (κ1) is 12.4. The second-order valence-electron chi connectivity index (χ2n) is 6.52. The maximum atomic E-state index is 6.07. The molecule has 0 aliphatic carbocycles. The summed E-state index contributed by atoms with van der Waals surface area (Å²) in [6.07, 6.45) is 6.74. The molecule has 94 valence electrons. The molecular weight excluding hydrogens is 198 g/mol. The standard InChI is InChI=1S/C14H27NO/c1-5-12-7-9-14(8-6-10-15(12)14)11-16-13(2,3)4/h12H,5-11H2,1-4H3/t12-,14+/m0/s1. The molecule has 2 fully saturated rings. The molecule has 0 aromatic rings. The van der Waals surface area contributed by atoms with E-state index in [-0.39, 0.29) is 5.60 Å². The Morgan fingerprint density at radius 2 is 2.06 bits per heavy atom. The van der Waals surface area contributed by atoms with Crippen LogP contribution in [0.25, 0.3) is 0 Å². The van der Waals surface area contributed by atoms with E-state index in [9.17, 15) is 0 Å². The molecule has 16 heavy (non-hydrogen) atoms. The third-order valence-corrected chi connectivity index (χ3v) is 4.28. The molecule has 0 amide bonds. The third kappa shape index (κ3) is 2.28. The number of hydrogen-bond donors (Lipinski definition) is 0. The zero-order chi connectivity index (χ0) is 11.8. The van der Waals surface area contributed by atoms with Gasteiger partial charge in [-0.3, -0.25) is 4.90 Å². The van der Waals surface area contributed by atoms with Gasteiger partial charge >= 0.3 is 0 Å². The van der Waals surface area contributed by atoms with Crippen LogP contribution in [0.4, 0.5) is 0 Å². The smallest absolute Gasteiger partial charge is 0.0657 e. The van der Waals surface area contributed by atoms with Gasteiger partial charge in [-0.1, -0.05) is 6.92 Å². The summed E-state index contributed by atoms with van der Waals surface area (Å²) in [5.41, 5.74) is 0.404. The van der Waals surface area contributed by atoms with Gasteiger partial charge in [0.25, 0.3) is 0 Å². The van der Waals surface area contributed by atoms with E-state index in [1.807, 2.05) is 0 Å². The molecule has 2 nitrogen and oxygen atoms in total. The van der Waals surface area contributed by atoms with Crippen LogP contribution in [-0.2, 0) is 4.74 Å². The Morgan fingerprint density at radius 3 is 2.69 bits per heavy atom. The normalized spacial score (nSPS) is 35.6. The van der Waals surface area contributed by atoms with E-state index in [4.69, 9.17) is 4.74 Å². The fraction of sp³-hybridized carbons (Fsp3) is 1.00. The van der Waals surface area contributed by atoms with Gasteiger partial charge in [0.1, 0.15) is 0 Å². The highest BCUT2D eigenvalue weighted by molar-refractivity contribution is 5.04. The van der Waals surface area contributed by atoms with Gasteiger partial charge in [0.2, 0.25) is 0 Å². The van der Waals surface area contributed by atoms with E-state index in [1.165, 1.54) is 38.6 Å². The zero-order valence-electron chi connectivity index (χ0n) is 11.4. The lowest BCUT2D eigenvalue weighted by Crippen LogP contribution is -2.47. The average Bonchev–Trinajstić information content (AvgIpc) is 2.71. The minimum atomic E-state index is 0.00725. The molecular formula is C14H27NO. The highest BCUT2D eigenvalue weighted by Gasteiger charge is 2.48. The Labute approximate surface area is 100 Å². The molecule has 0 unspecified atom stereocenters. The molecule has 2 aliphatic heterocycles. The first-order valence-corrected chi connectivity index (χ1v) is 6.88. The first-order valence-electron chi connectivity index (χ1n) is 6.88. The Kier molecular flexibility index (Phi) is 3.33. The molecule has 0 N–H and O–H groups in total. The topological polar surface area (TPSA) is 12.5 Å². The molecule has 2 rings (SSSR count). The van der Waals surface area contributed by atoms with Crippen LogP contribution in [0, 0.1) is 0 Å². The van der Waals surface area contributed by atoms with Crippen molar-refractivity contribution >= 4 is 0 Å². The number of ether oxygens (including phenoxy) is 1. The summed E-state index contributed by atoms with van der Waals surface area (Å²) in [5.74, 6) is 0. The van der Waals surface area contributed by atoms with Crippen LogP contribution in [0.3, 0.4) is 0 Å². The predicted molar refractivity (Wildman–Crippen MR) is 67.7 cm³/mol. The molecule has 0 aromatic heterocycles. The van der Waals surface area contributed by atoms with E-state index >= 15 is 0 Å². The quantitative estimate of drug-likeness (QED) is 0.731. The molecule has 2 aliphatic rings. The number of rotatable bonds is 3. The van der Waals surface area contributed by atoms with Crippen LogP contribution in [0.2, 0.25) is 0 Å². The van der Waals surface area contributed by atoms with Crippen molar-refractivity contribution in [3.8, 4) is 0 Å². The predicted octanol–water partition coefficient (Wildman–Crippen LogP) is 3.21. The highest BCUT2D eigenvalue weighted by atomic mass is 16.5. The van der Waals surface area contributed by atoms with Crippen LogP contribution in [0.1, 0.15) is 59.8 Å². The van der Waals surface area contributed by atoms with Crippen molar-refractivity contribution in [2.75, 3.05) is 13.2 Å². The van der Waals surface area contributed by atoms with Crippen LogP contribution in [0.5, 0.6) is 0 Å². The van der Waals surface area contributed by atoms with E-state index in [1.54, 1.807) is 0 Å². The van der Waals surface area contributed by atoms with E-state index in [0.717, 1.165) is 12.6 Å². The largest absolute Gasteiger partial charge is 0.374 e. The first-order chi connectivity index (χ1) is 7.47. The van der Waals surface area contributed by atoms with Crippen LogP contribution in [0.15, 0.2) is 0 Å². The Hall–Kier alpha value is -0.0800. The Balaban J connectivity index is 2.01. The van der Waals surface area contributed by atoms with Gasteiger partial charge < -0.3 is 4.74 Å². The molecule has 0 radical (unpaired) electrons. The summed E-state index contributed by atoms with van der Waals surface area (Å²) in [4.78, 5) is 2.75. The molecule has 2 atom stereocenters. The van der Waals surface area contributed by atoms with Gasteiger partial charge in [-0.15, -0.1) is 0 Å². The van der Waals surface area contributed by atoms with Gasteiger partial charge in [0.15, 0.2) is 0 Å². The summed E-state index contributed by atoms with van der Waals surface area (Å²) < 4.78 is 6.07. The molecule has 2 saturated heterocycles. The third-order valence-electron chi connectivity index (χ3n) is 4.28. The second-order valence-corrected chi connectivity index (χ2v) is 6.52. The van der Waals surface area contributed by atoms with Gasteiger partial charge in [-0.2, -0.15) is 0 Å². The second kappa shape index (κ2) is 4.30. The summed E-state index contributed by atoms with van der Waals surface area (Å²) in [7, 11) is 0. The highest BCUT2D eigenvalue weighted by Crippen LogP contribution is 2.43. The van der Waals surface area contributed by atoms with Gasteiger partial charge in [-0.05, 0) is 59.4 Å². The van der Waals surface area contributed by atoms with Crippen molar-refractivity contribution in [2.45, 2.75) is 77.0 Å². The fourth-order valence-electron chi connectivity index (χ4n) is 3.39. The Morgan fingerprint density at radius 1 is 1.31 bits per heavy atom. The monoisotopic (exact) mass is 225 g/mol. The maximum Gasteiger partial charge on any atom is 0.0657 e. The maximum absolute atomic E-state index is 6.07. The molecule has 2 heteroatoms. The summed E-state index contributed by atoms with van der Waals surface area (Å²) in [6.45, 7) is 11.0. The van der Waals surface area contributed by atoms with E-state index < -0.39 is 0 Å². The lowest BCUT2D eigenvalue weighted by atomic mass is 9.95. The summed E-state index contributed by atoms with van der Waals surface area (Å²) in [5, 5.41) is 0. The SMILES string of the molecule is CC[C@H]1CC[C@@]2(COC(C)(C)C)CCCN12. The van der Waals surface area contributed by atoms with Gasteiger partial charge in [-0.25, -0.2) is 0 Å². The van der Waals surface area contributed by atoms with Crippen LogP contribution in [-0.4, -0.2) is 35.2 Å². The lowest BCUT2D eigenvalue weighted by molar-refractivity contribution is -0.0568. The number of fused-ring (bicyclic) bond motifs is 1. The van der Waals surface area contributed by atoms with Gasteiger partial charge in [0, 0.05) is 11.6 Å². The molecule has 0 spiro atoms. The van der Waals surface area contributed by atoms with E-state index in [2.05, 4.69) is 32.6 Å². The van der Waals surface area contributed by atoms with E-state index in [0.29, 0.717) is 5.54 Å². The van der Waals surface area contributed by atoms with Crippen molar-refractivity contribution < 1.29 is 4.74 Å². The zero-order valence-corrected chi connectivity index (χ0v) is 11.4. The van der Waals surface area contributed by atoms with Crippen LogP contribution < -0.4 is 0 Å².